The molecule has 2 unspecified atom stereocenters. The summed E-state index contributed by atoms with van der Waals surface area (Å²) in [6.07, 6.45) is 2.94. The third-order valence-electron chi connectivity index (χ3n) is 6.04. The smallest absolute Gasteiger partial charge is 0.253 e. The van der Waals surface area contributed by atoms with Crippen molar-refractivity contribution < 1.29 is 19.1 Å². The molecule has 168 valence electrons. The number of ether oxygens (including phenoxy) is 1. The molecule has 0 bridgehead atoms. The van der Waals surface area contributed by atoms with Crippen LogP contribution in [0.4, 0.5) is 5.69 Å². The molecular weight excluding hydrogens is 406 g/mol. The number of benzene rings is 2. The molecule has 2 aromatic rings. The molecule has 2 N–H and O–H groups in total. The van der Waals surface area contributed by atoms with E-state index in [1.807, 2.05) is 30.3 Å². The van der Waals surface area contributed by atoms with Crippen molar-refractivity contribution in [2.75, 3.05) is 31.6 Å². The minimum Gasteiger partial charge on any atom is -0.376 e. The van der Waals surface area contributed by atoms with Crippen molar-refractivity contribution in [1.29, 1.82) is 0 Å². The Morgan fingerprint density at radius 1 is 1.06 bits per heavy atom. The van der Waals surface area contributed by atoms with Crippen LogP contribution in [-0.4, -0.2) is 55.0 Å². The zero-order chi connectivity index (χ0) is 22.3. The molecule has 2 heterocycles. The highest BCUT2D eigenvalue weighted by Gasteiger charge is 2.34. The van der Waals surface area contributed by atoms with Crippen molar-refractivity contribution >= 4 is 23.4 Å². The Bertz CT molecular complexity index is 957. The van der Waals surface area contributed by atoms with Gasteiger partial charge in [-0.15, -0.1) is 0 Å². The highest BCUT2D eigenvalue weighted by Crippen LogP contribution is 2.22. The summed E-state index contributed by atoms with van der Waals surface area (Å²) in [4.78, 5) is 39.7. The second kappa shape index (κ2) is 10.4. The van der Waals surface area contributed by atoms with E-state index in [0.717, 1.165) is 31.4 Å². The summed E-state index contributed by atoms with van der Waals surface area (Å²) in [5, 5.41) is 5.76. The van der Waals surface area contributed by atoms with Crippen molar-refractivity contribution in [1.82, 2.24) is 10.2 Å². The average Bonchev–Trinajstić information content (AvgIpc) is 3.47. The van der Waals surface area contributed by atoms with Crippen LogP contribution in [0, 0.1) is 5.92 Å². The lowest BCUT2D eigenvalue weighted by Crippen LogP contribution is -2.33. The van der Waals surface area contributed by atoms with E-state index in [0.29, 0.717) is 30.9 Å². The van der Waals surface area contributed by atoms with Gasteiger partial charge in [0.25, 0.3) is 5.91 Å². The Hall–Kier alpha value is -3.19. The monoisotopic (exact) mass is 435 g/mol. The highest BCUT2D eigenvalue weighted by molar-refractivity contribution is 6.05. The van der Waals surface area contributed by atoms with Gasteiger partial charge in [0.1, 0.15) is 0 Å². The predicted molar refractivity (Wildman–Crippen MR) is 121 cm³/mol. The average molecular weight is 436 g/mol. The van der Waals surface area contributed by atoms with E-state index in [9.17, 15) is 14.4 Å². The first kappa shape index (κ1) is 22.0. The lowest BCUT2D eigenvalue weighted by Gasteiger charge is -2.17. The SMILES string of the molecule is O=C(NCC1CCCO1)c1ccccc1NC(=O)C1CC(=O)N(CCc2ccccc2)C1. The Kier molecular flexibility index (Phi) is 7.17. The van der Waals surface area contributed by atoms with Gasteiger partial charge in [-0.2, -0.15) is 0 Å². The first-order valence-electron chi connectivity index (χ1n) is 11.2. The van der Waals surface area contributed by atoms with Gasteiger partial charge in [-0.05, 0) is 37.0 Å². The number of hydrogen-bond donors (Lipinski definition) is 2. The van der Waals surface area contributed by atoms with Gasteiger partial charge in [-0.25, -0.2) is 0 Å². The Labute approximate surface area is 188 Å². The molecule has 0 saturated carbocycles. The molecule has 2 fully saturated rings. The molecule has 7 heteroatoms. The zero-order valence-electron chi connectivity index (χ0n) is 18.1. The summed E-state index contributed by atoms with van der Waals surface area (Å²) < 4.78 is 5.55. The van der Waals surface area contributed by atoms with Gasteiger partial charge in [-0.3, -0.25) is 14.4 Å². The maximum absolute atomic E-state index is 12.9. The summed E-state index contributed by atoms with van der Waals surface area (Å²) in [5.41, 5.74) is 2.03. The molecule has 2 aliphatic rings. The molecule has 32 heavy (non-hydrogen) atoms. The highest BCUT2D eigenvalue weighted by atomic mass is 16.5. The number of amides is 3. The second-order valence-corrected chi connectivity index (χ2v) is 8.36. The topological polar surface area (TPSA) is 87.7 Å². The molecule has 3 amide bonds. The molecule has 2 aliphatic heterocycles. The van der Waals surface area contributed by atoms with Gasteiger partial charge in [0, 0.05) is 32.7 Å². The minimum absolute atomic E-state index is 0.0105. The number of hydrogen-bond acceptors (Lipinski definition) is 4. The number of carbonyl (C=O) groups excluding carboxylic acids is 3. The molecule has 2 saturated heterocycles. The quantitative estimate of drug-likeness (QED) is 0.667. The number of nitrogens with one attached hydrogen (secondary N) is 2. The molecule has 7 nitrogen and oxygen atoms in total. The maximum Gasteiger partial charge on any atom is 0.253 e. The van der Waals surface area contributed by atoms with E-state index in [4.69, 9.17) is 4.74 Å². The van der Waals surface area contributed by atoms with Crippen molar-refractivity contribution in [2.45, 2.75) is 31.8 Å². The van der Waals surface area contributed by atoms with E-state index in [1.165, 1.54) is 0 Å². The number of carbonyl (C=O) groups is 3. The Morgan fingerprint density at radius 2 is 1.84 bits per heavy atom. The van der Waals surface area contributed by atoms with Gasteiger partial charge in [0.05, 0.1) is 23.3 Å². The fourth-order valence-electron chi connectivity index (χ4n) is 4.20. The molecule has 2 atom stereocenters. The summed E-state index contributed by atoms with van der Waals surface area (Å²) in [7, 11) is 0. The van der Waals surface area contributed by atoms with Crippen LogP contribution in [0.3, 0.4) is 0 Å². The number of anilines is 1. The summed E-state index contributed by atoms with van der Waals surface area (Å²) in [5.74, 6) is -0.923. The maximum atomic E-state index is 12.9. The van der Waals surface area contributed by atoms with E-state index in [-0.39, 0.29) is 30.2 Å². The van der Waals surface area contributed by atoms with Crippen molar-refractivity contribution in [3.8, 4) is 0 Å². The molecule has 2 aromatic carbocycles. The predicted octanol–water partition coefficient (Wildman–Crippen LogP) is 2.63. The molecule has 0 radical (unpaired) electrons. The first-order valence-corrected chi connectivity index (χ1v) is 11.2. The standard InChI is InChI=1S/C25H29N3O4/c29-23-15-19(17-28(23)13-12-18-7-2-1-3-8-18)24(30)27-22-11-5-4-10-21(22)25(31)26-16-20-9-6-14-32-20/h1-5,7-8,10-11,19-20H,6,9,12-17H2,(H,26,31)(H,27,30). The lowest BCUT2D eigenvalue weighted by molar-refractivity contribution is -0.128. The van der Waals surface area contributed by atoms with Crippen LogP contribution >= 0.6 is 0 Å². The van der Waals surface area contributed by atoms with E-state index < -0.39 is 5.92 Å². The van der Waals surface area contributed by atoms with Crippen LogP contribution in [-0.2, 0) is 20.7 Å². The first-order chi connectivity index (χ1) is 15.6. The third kappa shape index (κ3) is 5.53. The van der Waals surface area contributed by atoms with Crippen molar-refractivity contribution in [2.24, 2.45) is 5.92 Å². The van der Waals surface area contributed by atoms with Gasteiger partial charge in [0.2, 0.25) is 11.8 Å². The van der Waals surface area contributed by atoms with Crippen LogP contribution in [0.5, 0.6) is 0 Å². The number of likely N-dealkylation sites (tertiary alicyclic amines) is 1. The normalized spacial score (nSPS) is 20.4. The number of rotatable bonds is 8. The van der Waals surface area contributed by atoms with Crippen LogP contribution in [0.25, 0.3) is 0 Å². The fraction of sp³-hybridized carbons (Fsp3) is 0.400. The second-order valence-electron chi connectivity index (χ2n) is 8.36. The van der Waals surface area contributed by atoms with E-state index in [1.54, 1.807) is 29.2 Å². The van der Waals surface area contributed by atoms with Gasteiger partial charge < -0.3 is 20.3 Å². The van der Waals surface area contributed by atoms with Crippen LogP contribution in [0.15, 0.2) is 54.6 Å². The number of para-hydroxylation sites is 1. The van der Waals surface area contributed by atoms with Crippen molar-refractivity contribution in [3.05, 3.63) is 65.7 Å². The largest absolute Gasteiger partial charge is 0.376 e. The van der Waals surface area contributed by atoms with Crippen LogP contribution in [0.1, 0.15) is 35.2 Å². The molecular formula is C25H29N3O4. The van der Waals surface area contributed by atoms with Crippen LogP contribution < -0.4 is 10.6 Å². The molecule has 4 rings (SSSR count). The van der Waals surface area contributed by atoms with Crippen molar-refractivity contribution in [3.63, 3.8) is 0 Å². The fourth-order valence-corrected chi connectivity index (χ4v) is 4.20. The number of nitrogens with zero attached hydrogens (tertiary/aromatic N) is 1. The molecule has 0 aliphatic carbocycles. The van der Waals surface area contributed by atoms with E-state index >= 15 is 0 Å². The molecule has 0 aromatic heterocycles. The van der Waals surface area contributed by atoms with Gasteiger partial charge in [-0.1, -0.05) is 42.5 Å². The summed E-state index contributed by atoms with van der Waals surface area (Å²) in [6, 6.07) is 16.9. The third-order valence-corrected chi connectivity index (χ3v) is 6.04. The van der Waals surface area contributed by atoms with E-state index in [2.05, 4.69) is 10.6 Å². The lowest BCUT2D eigenvalue weighted by atomic mass is 10.1. The minimum atomic E-state index is -0.429. The summed E-state index contributed by atoms with van der Waals surface area (Å²) >= 11 is 0. The zero-order valence-corrected chi connectivity index (χ0v) is 18.1. The van der Waals surface area contributed by atoms with Crippen LogP contribution in [0.2, 0.25) is 0 Å². The van der Waals surface area contributed by atoms with Gasteiger partial charge >= 0.3 is 0 Å². The molecule has 0 spiro atoms. The summed E-state index contributed by atoms with van der Waals surface area (Å²) in [6.45, 7) is 2.17. The Balaban J connectivity index is 1.32. The Morgan fingerprint density at radius 3 is 2.62 bits per heavy atom. The van der Waals surface area contributed by atoms with Gasteiger partial charge in [0.15, 0.2) is 0 Å².